The minimum absolute atomic E-state index is 0.267. The van der Waals surface area contributed by atoms with Crippen LogP contribution in [0.5, 0.6) is 0 Å². The van der Waals surface area contributed by atoms with Crippen LogP contribution >= 0.6 is 53.4 Å². The zero-order valence-electron chi connectivity index (χ0n) is 3.98. The number of hydrogen-bond donors (Lipinski definition) is 0. The van der Waals surface area contributed by atoms with Crippen LogP contribution in [0.2, 0.25) is 0 Å². The van der Waals surface area contributed by atoms with E-state index in [0.717, 1.165) is 0 Å². The molecule has 0 aromatic carbocycles. The predicted octanol–water partition coefficient (Wildman–Crippen LogP) is 3.27. The lowest BCUT2D eigenvalue weighted by Gasteiger charge is -2.06. The Kier molecular flexibility index (Phi) is 4.74. The van der Waals surface area contributed by atoms with Crippen molar-refractivity contribution >= 4 is 53.4 Å². The lowest BCUT2D eigenvalue weighted by molar-refractivity contribution is 0.346. The van der Waals surface area contributed by atoms with Crippen molar-refractivity contribution in [3.05, 3.63) is 0 Å². The minimum atomic E-state index is -2.20. The van der Waals surface area contributed by atoms with Crippen molar-refractivity contribution in [1.29, 1.82) is 0 Å². The molecule has 0 aliphatic carbocycles. The summed E-state index contributed by atoms with van der Waals surface area (Å²) in [5, 5.41) is 0. The van der Waals surface area contributed by atoms with Gasteiger partial charge in [0.25, 0.3) is 0 Å². The molecule has 2 nitrogen and oxygen atoms in total. The Morgan fingerprint density at radius 2 is 1.89 bits per heavy atom. The van der Waals surface area contributed by atoms with E-state index in [1.807, 2.05) is 0 Å². The summed E-state index contributed by atoms with van der Waals surface area (Å²) in [5.41, 5.74) is 0. The molecule has 7 heteroatoms. The molecule has 1 unspecified atom stereocenters. The van der Waals surface area contributed by atoms with E-state index in [2.05, 4.69) is 4.52 Å². The predicted molar refractivity (Wildman–Crippen MR) is 39.7 cm³/mol. The van der Waals surface area contributed by atoms with E-state index in [9.17, 15) is 4.57 Å². The Bertz CT molecular complexity index is 110. The second-order valence-corrected chi connectivity index (χ2v) is 5.13. The molecule has 0 N–H and O–H groups in total. The van der Waals surface area contributed by atoms with Crippen molar-refractivity contribution in [1.82, 2.24) is 0 Å². The second-order valence-electron chi connectivity index (χ2n) is 1.10. The molecular formula is C2H2Cl4O2P. The molecule has 55 valence electrons. The molecule has 0 spiro atoms. The molecule has 0 aromatic rings. The third-order valence-electron chi connectivity index (χ3n) is 0.330. The quantitative estimate of drug-likeness (QED) is 0.538. The fourth-order valence-electron chi connectivity index (χ4n) is 0.124. The van der Waals surface area contributed by atoms with Gasteiger partial charge in [-0.15, -0.1) is 0 Å². The molecule has 0 amide bonds. The Labute approximate surface area is 73.0 Å². The van der Waals surface area contributed by atoms with Gasteiger partial charge < -0.3 is 0 Å². The fraction of sp³-hybridized carbons (Fsp3) is 1.00. The Balaban J connectivity index is 3.39. The lowest BCUT2D eigenvalue weighted by atomic mass is 10.9. The summed E-state index contributed by atoms with van der Waals surface area (Å²) in [4.78, 5) is 0. The number of alkyl halides is 3. The van der Waals surface area contributed by atoms with E-state index in [1.54, 1.807) is 0 Å². The van der Waals surface area contributed by atoms with Gasteiger partial charge in [0.2, 0.25) is 3.79 Å². The van der Waals surface area contributed by atoms with Gasteiger partial charge in [-0.3, -0.25) is 4.52 Å². The highest BCUT2D eigenvalue weighted by Crippen LogP contribution is 2.34. The zero-order valence-corrected chi connectivity index (χ0v) is 7.90. The van der Waals surface area contributed by atoms with Gasteiger partial charge in [0.05, 0.1) is 0 Å². The van der Waals surface area contributed by atoms with Crippen LogP contribution in [0.4, 0.5) is 0 Å². The SMILES string of the molecule is O=[P](Cl)OCC(Cl)(Cl)Cl. The third kappa shape index (κ3) is 9.22. The van der Waals surface area contributed by atoms with E-state index in [0.29, 0.717) is 0 Å². The molecule has 0 bridgehead atoms. The maximum absolute atomic E-state index is 10.0. The molecule has 0 saturated carbocycles. The summed E-state index contributed by atoms with van der Waals surface area (Å²) in [7, 11) is -2.20. The van der Waals surface area contributed by atoms with Crippen molar-refractivity contribution < 1.29 is 9.09 Å². The van der Waals surface area contributed by atoms with Crippen molar-refractivity contribution in [3.8, 4) is 0 Å². The smallest absolute Gasteiger partial charge is 0.288 e. The first-order valence-electron chi connectivity index (χ1n) is 1.74. The van der Waals surface area contributed by atoms with Gasteiger partial charge in [0.1, 0.15) is 6.61 Å². The Morgan fingerprint density at radius 1 is 1.44 bits per heavy atom. The Hall–Kier alpha value is 1.22. The van der Waals surface area contributed by atoms with Gasteiger partial charge in [0, 0.05) is 11.2 Å². The van der Waals surface area contributed by atoms with E-state index in [1.165, 1.54) is 0 Å². The molecule has 0 heterocycles. The lowest BCUT2D eigenvalue weighted by Crippen LogP contribution is -2.08. The van der Waals surface area contributed by atoms with Crippen LogP contribution in [0.25, 0.3) is 0 Å². The molecule has 0 rings (SSSR count). The number of hydrogen-bond acceptors (Lipinski definition) is 2. The maximum Gasteiger partial charge on any atom is 0.315 e. The molecule has 1 radical (unpaired) electrons. The molecule has 0 saturated heterocycles. The van der Waals surface area contributed by atoms with Crippen molar-refractivity contribution in [2.45, 2.75) is 3.79 Å². The van der Waals surface area contributed by atoms with Gasteiger partial charge in [0.15, 0.2) is 0 Å². The Morgan fingerprint density at radius 3 is 2.00 bits per heavy atom. The second kappa shape index (κ2) is 4.17. The highest BCUT2D eigenvalue weighted by atomic mass is 35.7. The summed E-state index contributed by atoms with van der Waals surface area (Å²) in [6.07, 6.45) is 0. The summed E-state index contributed by atoms with van der Waals surface area (Å²) in [6, 6.07) is 0. The summed E-state index contributed by atoms with van der Waals surface area (Å²) in [6.45, 7) is -0.267. The summed E-state index contributed by atoms with van der Waals surface area (Å²) in [5.74, 6) is 0. The van der Waals surface area contributed by atoms with Gasteiger partial charge in [-0.1, -0.05) is 34.8 Å². The molecule has 1 atom stereocenters. The zero-order chi connectivity index (χ0) is 7.49. The molecular weight excluding hydrogens is 229 g/mol. The van der Waals surface area contributed by atoms with Crippen LogP contribution < -0.4 is 0 Å². The largest absolute Gasteiger partial charge is 0.315 e. The topological polar surface area (TPSA) is 26.3 Å². The first kappa shape index (κ1) is 10.2. The molecule has 0 aliphatic heterocycles. The summed E-state index contributed by atoms with van der Waals surface area (Å²) >= 11 is 20.5. The average Bonchev–Trinajstić information content (AvgIpc) is 1.59. The van der Waals surface area contributed by atoms with Gasteiger partial charge in [-0.05, 0) is 0 Å². The van der Waals surface area contributed by atoms with Gasteiger partial charge in [-0.25, -0.2) is 4.57 Å². The van der Waals surface area contributed by atoms with Gasteiger partial charge >= 0.3 is 7.38 Å². The monoisotopic (exact) mass is 229 g/mol. The highest BCUT2D eigenvalue weighted by Gasteiger charge is 2.20. The fourth-order valence-corrected chi connectivity index (χ4v) is 0.957. The van der Waals surface area contributed by atoms with E-state index in [-0.39, 0.29) is 6.61 Å². The molecule has 0 aliphatic rings. The van der Waals surface area contributed by atoms with Crippen LogP contribution in [-0.2, 0) is 9.09 Å². The van der Waals surface area contributed by atoms with Crippen LogP contribution in [0.3, 0.4) is 0 Å². The normalized spacial score (nSPS) is 13.6. The average molecular weight is 231 g/mol. The van der Waals surface area contributed by atoms with E-state index < -0.39 is 11.2 Å². The van der Waals surface area contributed by atoms with Gasteiger partial charge in [-0.2, -0.15) is 0 Å². The minimum Gasteiger partial charge on any atom is -0.288 e. The van der Waals surface area contributed by atoms with Crippen LogP contribution in [0, 0.1) is 0 Å². The van der Waals surface area contributed by atoms with Crippen molar-refractivity contribution in [3.63, 3.8) is 0 Å². The molecule has 9 heavy (non-hydrogen) atoms. The van der Waals surface area contributed by atoms with Crippen LogP contribution in [0.1, 0.15) is 0 Å². The van der Waals surface area contributed by atoms with Crippen molar-refractivity contribution in [2.75, 3.05) is 6.61 Å². The number of rotatable bonds is 2. The number of halogens is 4. The molecule has 0 fully saturated rings. The van der Waals surface area contributed by atoms with Crippen molar-refractivity contribution in [2.24, 2.45) is 0 Å². The molecule has 0 aromatic heterocycles. The van der Waals surface area contributed by atoms with Crippen LogP contribution in [-0.4, -0.2) is 10.4 Å². The van der Waals surface area contributed by atoms with E-state index >= 15 is 0 Å². The van der Waals surface area contributed by atoms with Crippen LogP contribution in [0.15, 0.2) is 0 Å². The standard InChI is InChI=1S/C2H2Cl4O2P/c3-2(4,5)1-8-9(6)7/h1H2. The highest BCUT2D eigenvalue weighted by molar-refractivity contribution is 7.69. The first-order chi connectivity index (χ1) is 3.92. The summed E-state index contributed by atoms with van der Waals surface area (Å²) < 4.78 is 12.7. The third-order valence-corrected chi connectivity index (χ3v) is 1.28. The first-order valence-corrected chi connectivity index (χ1v) is 4.96. The van der Waals surface area contributed by atoms with E-state index in [4.69, 9.17) is 46.0 Å². The maximum atomic E-state index is 10.0.